The van der Waals surface area contributed by atoms with E-state index in [1.807, 2.05) is 30.3 Å². The van der Waals surface area contributed by atoms with E-state index >= 15 is 0 Å². The Balaban J connectivity index is 1.75. The molecule has 7 heteroatoms. The summed E-state index contributed by atoms with van der Waals surface area (Å²) in [4.78, 5) is 2.72. The van der Waals surface area contributed by atoms with Gasteiger partial charge in [-0.05, 0) is 5.53 Å². The minimum absolute atomic E-state index is 0.176. The molecule has 2 aliphatic rings. The molecule has 1 aromatic carbocycles. The van der Waals surface area contributed by atoms with Crippen LogP contribution in [0.5, 0.6) is 0 Å². The molecule has 0 radical (unpaired) electrons. The number of fused-ring (bicyclic) bond motifs is 1. The predicted molar refractivity (Wildman–Crippen MR) is 68.7 cm³/mol. The number of nitrogens with zero attached hydrogens (tertiary/aromatic N) is 3. The molecule has 0 aliphatic carbocycles. The van der Waals surface area contributed by atoms with Crippen molar-refractivity contribution in [2.45, 2.75) is 30.6 Å². The van der Waals surface area contributed by atoms with Crippen LogP contribution < -0.4 is 0 Å². The lowest BCUT2D eigenvalue weighted by Crippen LogP contribution is -2.57. The molecule has 5 atom stereocenters. The molecule has 20 heavy (non-hydrogen) atoms. The molecule has 0 spiro atoms. The Labute approximate surface area is 115 Å². The van der Waals surface area contributed by atoms with E-state index in [2.05, 4.69) is 10.0 Å². The van der Waals surface area contributed by atoms with E-state index in [0.717, 1.165) is 5.56 Å². The molecule has 2 aliphatic heterocycles. The Morgan fingerprint density at radius 1 is 1.20 bits per heavy atom. The zero-order valence-corrected chi connectivity index (χ0v) is 10.7. The molecule has 0 aromatic heterocycles. The largest absolute Gasteiger partial charge is 0.390 e. The van der Waals surface area contributed by atoms with Crippen molar-refractivity contribution in [1.82, 2.24) is 0 Å². The van der Waals surface area contributed by atoms with Crippen molar-refractivity contribution in [3.63, 3.8) is 0 Å². The summed E-state index contributed by atoms with van der Waals surface area (Å²) < 4.78 is 16.9. The molecule has 106 valence electrons. The van der Waals surface area contributed by atoms with Gasteiger partial charge in [0.15, 0.2) is 6.29 Å². The van der Waals surface area contributed by atoms with Crippen molar-refractivity contribution >= 4 is 0 Å². The second kappa shape index (κ2) is 5.78. The Bertz CT molecular complexity index is 506. The predicted octanol–water partition coefficient (Wildman–Crippen LogP) is 1.54. The van der Waals surface area contributed by atoms with Crippen LogP contribution in [-0.2, 0) is 14.2 Å². The van der Waals surface area contributed by atoms with Crippen molar-refractivity contribution in [3.05, 3.63) is 46.3 Å². The van der Waals surface area contributed by atoms with E-state index in [4.69, 9.17) is 19.7 Å². The number of rotatable bonds is 2. The summed E-state index contributed by atoms with van der Waals surface area (Å²) in [6.45, 7) is 0.513. The van der Waals surface area contributed by atoms with Gasteiger partial charge in [-0.1, -0.05) is 35.4 Å². The molecule has 3 rings (SSSR count). The molecule has 4 unspecified atom stereocenters. The van der Waals surface area contributed by atoms with Crippen LogP contribution in [0, 0.1) is 0 Å². The number of hydrogen-bond acceptors (Lipinski definition) is 5. The Kier molecular flexibility index (Phi) is 3.86. The molecule has 0 bridgehead atoms. The van der Waals surface area contributed by atoms with Crippen LogP contribution in [-0.4, -0.2) is 42.7 Å². The minimum atomic E-state index is -0.889. The molecule has 2 heterocycles. The van der Waals surface area contributed by atoms with Gasteiger partial charge in [0.25, 0.3) is 0 Å². The lowest BCUT2D eigenvalue weighted by Gasteiger charge is -2.43. The number of aliphatic hydroxyl groups excluding tert-OH is 1. The molecule has 7 nitrogen and oxygen atoms in total. The van der Waals surface area contributed by atoms with Gasteiger partial charge in [0.2, 0.25) is 0 Å². The van der Waals surface area contributed by atoms with Gasteiger partial charge in [0.05, 0.1) is 25.4 Å². The number of benzene rings is 1. The van der Waals surface area contributed by atoms with Crippen molar-refractivity contribution < 1.29 is 19.3 Å². The average molecular weight is 277 g/mol. The van der Waals surface area contributed by atoms with Gasteiger partial charge >= 0.3 is 0 Å². The lowest BCUT2D eigenvalue weighted by molar-refractivity contribution is -0.301. The standard InChI is InChI=1S/C13H15N3O4/c14-16-15-9-6-18-10-7-19-13(20-12(10)11(9)17)8-4-2-1-3-5-8/h1-5,9-13,17H,6-7H2/t9?,10?,11?,12-,13?/m1/s1. The van der Waals surface area contributed by atoms with Crippen LogP contribution in [0.3, 0.4) is 0 Å². The van der Waals surface area contributed by atoms with Gasteiger partial charge in [-0.2, -0.15) is 0 Å². The van der Waals surface area contributed by atoms with Crippen LogP contribution in [0.1, 0.15) is 11.9 Å². The van der Waals surface area contributed by atoms with E-state index in [0.29, 0.717) is 6.61 Å². The third-order valence-corrected chi connectivity index (χ3v) is 3.54. The van der Waals surface area contributed by atoms with E-state index in [1.54, 1.807) is 0 Å². The summed E-state index contributed by atoms with van der Waals surface area (Å²) in [6, 6.07) is 8.86. The zero-order chi connectivity index (χ0) is 13.9. The number of ether oxygens (including phenoxy) is 3. The van der Waals surface area contributed by atoms with E-state index < -0.39 is 24.5 Å². The monoisotopic (exact) mass is 277 g/mol. The van der Waals surface area contributed by atoms with Gasteiger partial charge in [-0.15, -0.1) is 0 Å². The van der Waals surface area contributed by atoms with Crippen LogP contribution in [0.2, 0.25) is 0 Å². The highest BCUT2D eigenvalue weighted by Crippen LogP contribution is 2.32. The summed E-state index contributed by atoms with van der Waals surface area (Å²) >= 11 is 0. The van der Waals surface area contributed by atoms with Gasteiger partial charge in [0, 0.05) is 10.5 Å². The van der Waals surface area contributed by atoms with Crippen molar-refractivity contribution in [2.75, 3.05) is 13.2 Å². The van der Waals surface area contributed by atoms with Crippen LogP contribution in [0.4, 0.5) is 0 Å². The van der Waals surface area contributed by atoms with Crippen LogP contribution in [0.15, 0.2) is 35.4 Å². The second-order valence-electron chi connectivity index (χ2n) is 4.81. The van der Waals surface area contributed by atoms with E-state index in [9.17, 15) is 5.11 Å². The number of aliphatic hydroxyl groups is 1. The first kappa shape index (κ1) is 13.4. The van der Waals surface area contributed by atoms with Crippen LogP contribution >= 0.6 is 0 Å². The number of hydrogen-bond donors (Lipinski definition) is 1. The maximum atomic E-state index is 10.2. The summed E-state index contributed by atoms with van der Waals surface area (Å²) in [5.41, 5.74) is 9.37. The average Bonchev–Trinajstić information content (AvgIpc) is 2.51. The SMILES string of the molecule is [N-]=[N+]=NC1COC2COC(c3ccccc3)O[C@H]2C1O. The summed E-state index contributed by atoms with van der Waals surface area (Å²) in [5, 5.41) is 13.8. The van der Waals surface area contributed by atoms with Crippen molar-refractivity contribution in [2.24, 2.45) is 5.11 Å². The first-order valence-corrected chi connectivity index (χ1v) is 6.45. The molecule has 2 fully saturated rings. The van der Waals surface area contributed by atoms with Gasteiger partial charge < -0.3 is 19.3 Å². The molecule has 1 N–H and O–H groups in total. The highest BCUT2D eigenvalue weighted by molar-refractivity contribution is 5.16. The van der Waals surface area contributed by atoms with Gasteiger partial charge in [-0.25, -0.2) is 0 Å². The molecular formula is C13H15N3O4. The van der Waals surface area contributed by atoms with Crippen molar-refractivity contribution in [3.8, 4) is 0 Å². The lowest BCUT2D eigenvalue weighted by atomic mass is 9.98. The normalized spacial score (nSPS) is 36.8. The fraction of sp³-hybridized carbons (Fsp3) is 0.538. The Morgan fingerprint density at radius 3 is 2.75 bits per heavy atom. The smallest absolute Gasteiger partial charge is 0.184 e. The Hall–Kier alpha value is -1.63. The van der Waals surface area contributed by atoms with Crippen molar-refractivity contribution in [1.29, 1.82) is 0 Å². The molecule has 2 saturated heterocycles. The topological polar surface area (TPSA) is 96.7 Å². The van der Waals surface area contributed by atoms with Gasteiger partial charge in [-0.3, -0.25) is 0 Å². The Morgan fingerprint density at radius 2 is 2.00 bits per heavy atom. The van der Waals surface area contributed by atoms with E-state index in [-0.39, 0.29) is 12.7 Å². The summed E-state index contributed by atoms with van der Waals surface area (Å²) in [6.07, 6.45) is -2.33. The number of azide groups is 1. The first-order valence-electron chi connectivity index (χ1n) is 6.45. The third-order valence-electron chi connectivity index (χ3n) is 3.54. The second-order valence-corrected chi connectivity index (χ2v) is 4.81. The van der Waals surface area contributed by atoms with Gasteiger partial charge in [0.1, 0.15) is 12.2 Å². The molecule has 0 saturated carbocycles. The highest BCUT2D eigenvalue weighted by Gasteiger charge is 2.44. The van der Waals surface area contributed by atoms with Crippen LogP contribution in [0.25, 0.3) is 10.4 Å². The van der Waals surface area contributed by atoms with E-state index in [1.165, 1.54) is 0 Å². The highest BCUT2D eigenvalue weighted by atomic mass is 16.7. The fourth-order valence-electron chi connectivity index (χ4n) is 2.48. The fourth-order valence-corrected chi connectivity index (χ4v) is 2.48. The summed E-state index contributed by atoms with van der Waals surface area (Å²) in [5.74, 6) is 0. The maximum Gasteiger partial charge on any atom is 0.184 e. The molecule has 1 aromatic rings. The quantitative estimate of drug-likeness (QED) is 0.503. The molecular weight excluding hydrogens is 262 g/mol. The third kappa shape index (κ3) is 2.49. The minimum Gasteiger partial charge on any atom is -0.390 e. The first-order chi connectivity index (χ1) is 9.79. The summed E-state index contributed by atoms with van der Waals surface area (Å²) in [7, 11) is 0. The molecule has 0 amide bonds. The maximum absolute atomic E-state index is 10.2. The zero-order valence-electron chi connectivity index (χ0n) is 10.7.